The van der Waals surface area contributed by atoms with Gasteiger partial charge in [0.2, 0.25) is 0 Å². The molecule has 6 fully saturated rings. The predicted octanol–water partition coefficient (Wildman–Crippen LogP) is 4.06. The molecule has 4 bridgehead atoms. The lowest BCUT2D eigenvalue weighted by Crippen LogP contribution is -2.55. The number of rotatable bonds is 0. The molecular formula is C18H26. The Morgan fingerprint density at radius 2 is 0.944 bits per heavy atom. The summed E-state index contributed by atoms with van der Waals surface area (Å²) in [6.07, 6.45) is 6.59. The molecule has 6 rings (SSSR count). The van der Waals surface area contributed by atoms with E-state index in [1.54, 1.807) is 25.7 Å². The maximum Gasteiger partial charge on any atom is -0.0318 e. The molecule has 0 amide bonds. The van der Waals surface area contributed by atoms with E-state index in [2.05, 4.69) is 13.8 Å². The third-order valence-electron chi connectivity index (χ3n) is 9.47. The zero-order chi connectivity index (χ0) is 11.8. The van der Waals surface area contributed by atoms with E-state index in [4.69, 9.17) is 0 Å². The molecule has 6 aliphatic rings. The maximum absolute atomic E-state index is 2.57. The molecule has 12 atom stereocenters. The van der Waals surface area contributed by atoms with Gasteiger partial charge < -0.3 is 0 Å². The first-order valence-electron chi connectivity index (χ1n) is 8.77. The fraction of sp³-hybridized carbons (Fsp3) is 1.00. The fourth-order valence-corrected chi connectivity index (χ4v) is 9.00. The van der Waals surface area contributed by atoms with E-state index in [-0.39, 0.29) is 0 Å². The highest BCUT2D eigenvalue weighted by molar-refractivity contribution is 5.22. The molecule has 0 aromatic heterocycles. The molecule has 0 heterocycles. The maximum atomic E-state index is 2.57. The van der Waals surface area contributed by atoms with Gasteiger partial charge in [0.05, 0.1) is 0 Å². The second-order valence-electron chi connectivity index (χ2n) is 9.06. The van der Waals surface area contributed by atoms with Crippen LogP contribution in [0.4, 0.5) is 0 Å². The van der Waals surface area contributed by atoms with E-state index in [1.807, 2.05) is 0 Å². The third-order valence-corrected chi connectivity index (χ3v) is 9.47. The molecule has 12 unspecified atom stereocenters. The molecule has 0 aromatic rings. The van der Waals surface area contributed by atoms with Crippen molar-refractivity contribution in [3.8, 4) is 0 Å². The Bertz CT molecular complexity index is 388. The lowest BCUT2D eigenvalue weighted by molar-refractivity contribution is -0.120. The van der Waals surface area contributed by atoms with Gasteiger partial charge in [0, 0.05) is 0 Å². The van der Waals surface area contributed by atoms with E-state index < -0.39 is 0 Å². The quantitative estimate of drug-likeness (QED) is 0.562. The van der Waals surface area contributed by atoms with Gasteiger partial charge in [-0.05, 0) is 96.7 Å². The van der Waals surface area contributed by atoms with Crippen LogP contribution in [0.15, 0.2) is 0 Å². The molecule has 0 heteroatoms. The molecule has 0 aliphatic heterocycles. The van der Waals surface area contributed by atoms with Crippen LogP contribution < -0.4 is 0 Å². The van der Waals surface area contributed by atoms with Crippen LogP contribution in [0.2, 0.25) is 0 Å². The molecular weight excluding hydrogens is 216 g/mol. The van der Waals surface area contributed by atoms with Crippen LogP contribution in [0.5, 0.6) is 0 Å². The van der Waals surface area contributed by atoms with Crippen molar-refractivity contribution in [3.63, 3.8) is 0 Å². The van der Waals surface area contributed by atoms with Crippen molar-refractivity contribution < 1.29 is 0 Å². The van der Waals surface area contributed by atoms with Gasteiger partial charge in [-0.2, -0.15) is 0 Å². The highest BCUT2D eigenvalue weighted by Crippen LogP contribution is 2.79. The summed E-state index contributed by atoms with van der Waals surface area (Å²) < 4.78 is 0. The first-order chi connectivity index (χ1) is 8.77. The van der Waals surface area contributed by atoms with Gasteiger partial charge >= 0.3 is 0 Å². The second kappa shape index (κ2) is 2.72. The standard InChI is InChI=1S/C18H26/c1-7-8(2)16-14-6-13(15(7)16)17-11-5-12(18(14)17)10-4-3-9(10)11/h7-18H,3-6H2,1-2H3. The normalized spacial score (nSPS) is 77.7. The van der Waals surface area contributed by atoms with Crippen LogP contribution in [-0.2, 0) is 0 Å². The van der Waals surface area contributed by atoms with Crippen LogP contribution in [-0.4, -0.2) is 0 Å². The predicted molar refractivity (Wildman–Crippen MR) is 71.7 cm³/mol. The van der Waals surface area contributed by atoms with Crippen molar-refractivity contribution in [3.05, 3.63) is 0 Å². The summed E-state index contributed by atoms with van der Waals surface area (Å²) in [6, 6.07) is 0. The summed E-state index contributed by atoms with van der Waals surface area (Å²) in [6.45, 7) is 5.14. The topological polar surface area (TPSA) is 0 Å². The molecule has 0 aromatic carbocycles. The largest absolute Gasteiger partial charge is 0.0620 e. The third kappa shape index (κ3) is 0.756. The molecule has 18 heavy (non-hydrogen) atoms. The lowest BCUT2D eigenvalue weighted by Gasteiger charge is -2.59. The van der Waals surface area contributed by atoms with E-state index in [9.17, 15) is 0 Å². The first-order valence-corrected chi connectivity index (χ1v) is 8.77. The molecule has 0 N–H and O–H groups in total. The van der Waals surface area contributed by atoms with Gasteiger partial charge in [-0.3, -0.25) is 0 Å². The molecule has 0 radical (unpaired) electrons. The Morgan fingerprint density at radius 1 is 0.500 bits per heavy atom. The monoisotopic (exact) mass is 242 g/mol. The van der Waals surface area contributed by atoms with Crippen molar-refractivity contribution in [2.45, 2.75) is 39.5 Å². The Morgan fingerprint density at radius 3 is 1.39 bits per heavy atom. The minimum atomic E-state index is 1.07. The summed E-state index contributed by atoms with van der Waals surface area (Å²) in [7, 11) is 0. The number of fused-ring (bicyclic) bond motifs is 15. The Kier molecular flexibility index (Phi) is 1.49. The van der Waals surface area contributed by atoms with Crippen molar-refractivity contribution in [2.75, 3.05) is 0 Å². The van der Waals surface area contributed by atoms with Gasteiger partial charge in [0.1, 0.15) is 0 Å². The molecule has 98 valence electrons. The average Bonchev–Trinajstić information content (AvgIpc) is 2.99. The van der Waals surface area contributed by atoms with Crippen molar-refractivity contribution in [2.24, 2.45) is 71.0 Å². The van der Waals surface area contributed by atoms with Crippen LogP contribution >= 0.6 is 0 Å². The average molecular weight is 242 g/mol. The van der Waals surface area contributed by atoms with Crippen LogP contribution in [0.3, 0.4) is 0 Å². The van der Waals surface area contributed by atoms with Crippen LogP contribution in [0.1, 0.15) is 39.5 Å². The summed E-state index contributed by atoms with van der Waals surface area (Å²) in [5, 5.41) is 0. The Labute approximate surface area is 111 Å². The summed E-state index contributed by atoms with van der Waals surface area (Å²) in [4.78, 5) is 0. The van der Waals surface area contributed by atoms with E-state index >= 15 is 0 Å². The van der Waals surface area contributed by atoms with Crippen molar-refractivity contribution in [1.82, 2.24) is 0 Å². The molecule has 0 saturated heterocycles. The van der Waals surface area contributed by atoms with Gasteiger partial charge in [0.15, 0.2) is 0 Å². The summed E-state index contributed by atoms with van der Waals surface area (Å²) in [5.41, 5.74) is 0. The highest BCUT2D eigenvalue weighted by Gasteiger charge is 2.74. The smallest absolute Gasteiger partial charge is 0.0318 e. The van der Waals surface area contributed by atoms with E-state index in [0.29, 0.717) is 0 Å². The SMILES string of the molecule is CC1C(C)C2C3CC(C12)C1C2CC(C4CCC42)C31. The Hall–Kier alpha value is 0. The first kappa shape index (κ1) is 9.83. The lowest BCUT2D eigenvalue weighted by atomic mass is 9.45. The fourth-order valence-electron chi connectivity index (χ4n) is 9.00. The van der Waals surface area contributed by atoms with Gasteiger partial charge in [0.25, 0.3) is 0 Å². The number of hydrogen-bond donors (Lipinski definition) is 0. The minimum Gasteiger partial charge on any atom is -0.0620 e. The minimum absolute atomic E-state index is 1.07. The zero-order valence-corrected chi connectivity index (χ0v) is 11.8. The highest BCUT2D eigenvalue weighted by atomic mass is 14.8. The van der Waals surface area contributed by atoms with Crippen LogP contribution in [0.25, 0.3) is 0 Å². The van der Waals surface area contributed by atoms with Crippen molar-refractivity contribution >= 4 is 0 Å². The van der Waals surface area contributed by atoms with Gasteiger partial charge in [-0.15, -0.1) is 0 Å². The Balaban J connectivity index is 1.43. The summed E-state index contributed by atoms with van der Waals surface area (Å²) >= 11 is 0. The summed E-state index contributed by atoms with van der Waals surface area (Å²) in [5.74, 6) is 14.3. The zero-order valence-electron chi connectivity index (χ0n) is 11.8. The van der Waals surface area contributed by atoms with Crippen LogP contribution in [0, 0.1) is 71.0 Å². The molecule has 6 saturated carbocycles. The molecule has 0 spiro atoms. The molecule has 0 nitrogen and oxygen atoms in total. The van der Waals surface area contributed by atoms with Crippen molar-refractivity contribution in [1.29, 1.82) is 0 Å². The van der Waals surface area contributed by atoms with Gasteiger partial charge in [-0.25, -0.2) is 0 Å². The second-order valence-corrected chi connectivity index (χ2v) is 9.06. The van der Waals surface area contributed by atoms with Gasteiger partial charge in [-0.1, -0.05) is 13.8 Å². The number of hydrogen-bond acceptors (Lipinski definition) is 0. The van der Waals surface area contributed by atoms with E-state index in [0.717, 1.165) is 11.8 Å². The molecule has 6 aliphatic carbocycles. The van der Waals surface area contributed by atoms with E-state index in [1.165, 1.54) is 59.2 Å².